The van der Waals surface area contributed by atoms with Gasteiger partial charge < -0.3 is 10.6 Å². The second-order valence-electron chi connectivity index (χ2n) is 5.87. The molecule has 0 fully saturated rings. The van der Waals surface area contributed by atoms with Crippen LogP contribution in [0.15, 0.2) is 54.8 Å². The minimum atomic E-state index is 0.260. The van der Waals surface area contributed by atoms with Crippen LogP contribution in [-0.4, -0.2) is 19.0 Å². The Morgan fingerprint density at radius 3 is 2.33 bits per heavy atom. The van der Waals surface area contributed by atoms with Crippen LogP contribution in [-0.2, 0) is 0 Å². The molecule has 1 aromatic carbocycles. The van der Waals surface area contributed by atoms with E-state index in [-0.39, 0.29) is 5.92 Å². The van der Waals surface area contributed by atoms with Crippen molar-refractivity contribution >= 4 is 5.69 Å². The Morgan fingerprint density at radius 1 is 1.19 bits per heavy atom. The van der Waals surface area contributed by atoms with Crippen LogP contribution in [0.2, 0.25) is 0 Å². The number of hydrogen-bond acceptors (Lipinski definition) is 2. The van der Waals surface area contributed by atoms with Crippen LogP contribution < -0.4 is 5.73 Å². The van der Waals surface area contributed by atoms with Crippen LogP contribution in [0.4, 0.5) is 5.69 Å². The lowest BCUT2D eigenvalue weighted by atomic mass is 9.91. The third-order valence-electron chi connectivity index (χ3n) is 3.63. The monoisotopic (exact) mass is 284 g/mol. The maximum absolute atomic E-state index is 6.36. The molecule has 0 saturated carbocycles. The Bertz CT molecular complexity index is 536. The molecular weight excluding hydrogens is 256 g/mol. The number of anilines is 1. The van der Waals surface area contributed by atoms with Crippen LogP contribution in [0, 0.1) is 0 Å². The Hall–Kier alpha value is -1.96. The lowest BCUT2D eigenvalue weighted by molar-refractivity contribution is 0.525. The molecule has 0 spiro atoms. The molecule has 0 radical (unpaired) electrons. The van der Waals surface area contributed by atoms with Gasteiger partial charge in [-0.25, -0.2) is 0 Å². The first-order chi connectivity index (χ1) is 9.88. The maximum atomic E-state index is 6.36. The molecule has 1 unspecified atom stereocenters. The molecule has 0 aliphatic carbocycles. The van der Waals surface area contributed by atoms with Crippen LogP contribution in [0.25, 0.3) is 0 Å². The van der Waals surface area contributed by atoms with Gasteiger partial charge in [-0.3, -0.25) is 0 Å². The predicted molar refractivity (Wildman–Crippen MR) is 94.5 cm³/mol. The SMILES string of the molecule is C=C/C=C\C(=C\C(C)c1cccc(C(C)C)c1N)N(C)C. The van der Waals surface area contributed by atoms with Gasteiger partial charge in [-0.2, -0.15) is 0 Å². The molecule has 0 amide bonds. The van der Waals surface area contributed by atoms with Gasteiger partial charge in [0, 0.05) is 31.4 Å². The Labute approximate surface area is 129 Å². The van der Waals surface area contributed by atoms with Gasteiger partial charge in [-0.15, -0.1) is 0 Å². The summed E-state index contributed by atoms with van der Waals surface area (Å²) in [6.07, 6.45) is 8.03. The van der Waals surface area contributed by atoms with Gasteiger partial charge in [-0.05, 0) is 23.1 Å². The molecule has 2 nitrogen and oxygen atoms in total. The molecule has 0 saturated heterocycles. The summed E-state index contributed by atoms with van der Waals surface area (Å²) in [6, 6.07) is 6.33. The lowest BCUT2D eigenvalue weighted by Gasteiger charge is -2.19. The topological polar surface area (TPSA) is 29.3 Å². The molecule has 0 heterocycles. The number of likely N-dealkylation sites (N-methyl/N-ethyl adjacent to an activating group) is 1. The summed E-state index contributed by atoms with van der Waals surface area (Å²) < 4.78 is 0. The number of nitrogen functional groups attached to an aromatic ring is 1. The number of allylic oxidation sites excluding steroid dienone is 4. The van der Waals surface area contributed by atoms with Crippen molar-refractivity contribution in [3.8, 4) is 0 Å². The summed E-state index contributed by atoms with van der Waals surface area (Å²) in [5.41, 5.74) is 10.8. The molecule has 1 rings (SSSR count). The fourth-order valence-electron chi connectivity index (χ4n) is 2.37. The predicted octanol–water partition coefficient (Wildman–Crippen LogP) is 4.68. The van der Waals surface area contributed by atoms with Crippen molar-refractivity contribution in [2.75, 3.05) is 19.8 Å². The summed E-state index contributed by atoms with van der Waals surface area (Å²) in [7, 11) is 4.08. The fourth-order valence-corrected chi connectivity index (χ4v) is 2.37. The minimum absolute atomic E-state index is 0.260. The van der Waals surface area contributed by atoms with Gasteiger partial charge in [0.2, 0.25) is 0 Å². The molecule has 2 N–H and O–H groups in total. The molecule has 114 valence electrons. The first-order valence-electron chi connectivity index (χ1n) is 7.45. The lowest BCUT2D eigenvalue weighted by Crippen LogP contribution is -2.11. The Kier molecular flexibility index (Phi) is 6.29. The fraction of sp³-hybridized carbons (Fsp3) is 0.368. The zero-order chi connectivity index (χ0) is 16.0. The number of para-hydroxylation sites is 1. The average Bonchev–Trinajstić information content (AvgIpc) is 2.42. The van der Waals surface area contributed by atoms with Crippen molar-refractivity contribution in [2.45, 2.75) is 32.6 Å². The molecular formula is C19H28N2. The smallest absolute Gasteiger partial charge is 0.0387 e. The molecule has 0 aromatic heterocycles. The summed E-state index contributed by atoms with van der Waals surface area (Å²) in [5.74, 6) is 0.700. The van der Waals surface area contributed by atoms with Crippen molar-refractivity contribution in [3.63, 3.8) is 0 Å². The molecule has 0 aliphatic heterocycles. The normalized spacial score (nSPS) is 13.7. The molecule has 1 atom stereocenters. The van der Waals surface area contributed by atoms with Crippen molar-refractivity contribution in [1.82, 2.24) is 4.90 Å². The van der Waals surface area contributed by atoms with Crippen LogP contribution in [0.5, 0.6) is 0 Å². The van der Waals surface area contributed by atoms with Gasteiger partial charge in [0.25, 0.3) is 0 Å². The Morgan fingerprint density at radius 2 is 1.81 bits per heavy atom. The van der Waals surface area contributed by atoms with E-state index in [1.165, 1.54) is 11.1 Å². The van der Waals surface area contributed by atoms with Crippen LogP contribution in [0.3, 0.4) is 0 Å². The largest absolute Gasteiger partial charge is 0.398 e. The van der Waals surface area contributed by atoms with Crippen molar-refractivity contribution in [1.29, 1.82) is 0 Å². The van der Waals surface area contributed by atoms with Gasteiger partial charge in [0.1, 0.15) is 0 Å². The number of benzene rings is 1. The number of nitrogens with zero attached hydrogens (tertiary/aromatic N) is 1. The number of hydrogen-bond donors (Lipinski definition) is 1. The van der Waals surface area contributed by atoms with Gasteiger partial charge in [0.15, 0.2) is 0 Å². The standard InChI is InChI=1S/C19H28N2/c1-7-8-10-16(21(5)6)13-15(4)18-12-9-11-17(14(2)3)19(18)20/h7-15H,1,20H2,2-6H3/b10-8-,16-13-. The summed E-state index contributed by atoms with van der Waals surface area (Å²) >= 11 is 0. The van der Waals surface area contributed by atoms with E-state index in [1.807, 2.05) is 20.2 Å². The second kappa shape index (κ2) is 7.72. The first kappa shape index (κ1) is 17.1. The molecule has 0 bridgehead atoms. The highest BCUT2D eigenvalue weighted by atomic mass is 15.1. The highest BCUT2D eigenvalue weighted by Crippen LogP contribution is 2.31. The van der Waals surface area contributed by atoms with E-state index in [0.717, 1.165) is 11.4 Å². The highest BCUT2D eigenvalue weighted by Gasteiger charge is 2.12. The third kappa shape index (κ3) is 4.52. The molecule has 0 aliphatic rings. The second-order valence-corrected chi connectivity index (χ2v) is 5.87. The van der Waals surface area contributed by atoms with E-state index in [4.69, 9.17) is 5.73 Å². The van der Waals surface area contributed by atoms with Crippen molar-refractivity contribution in [3.05, 3.63) is 65.9 Å². The third-order valence-corrected chi connectivity index (χ3v) is 3.63. The quantitative estimate of drug-likeness (QED) is 0.607. The van der Waals surface area contributed by atoms with Gasteiger partial charge >= 0.3 is 0 Å². The summed E-state index contributed by atoms with van der Waals surface area (Å²) in [6.45, 7) is 10.3. The average molecular weight is 284 g/mol. The summed E-state index contributed by atoms with van der Waals surface area (Å²) in [4.78, 5) is 2.10. The molecule has 2 heteroatoms. The maximum Gasteiger partial charge on any atom is 0.0387 e. The van der Waals surface area contributed by atoms with E-state index < -0.39 is 0 Å². The number of nitrogens with two attached hydrogens (primary N) is 1. The van der Waals surface area contributed by atoms with E-state index in [2.05, 4.69) is 62.6 Å². The minimum Gasteiger partial charge on any atom is -0.398 e. The van der Waals surface area contributed by atoms with Gasteiger partial charge in [-0.1, -0.05) is 63.8 Å². The summed E-state index contributed by atoms with van der Waals surface area (Å²) in [5, 5.41) is 0. The van der Waals surface area contributed by atoms with E-state index in [0.29, 0.717) is 5.92 Å². The van der Waals surface area contributed by atoms with Crippen LogP contribution >= 0.6 is 0 Å². The van der Waals surface area contributed by atoms with E-state index in [9.17, 15) is 0 Å². The zero-order valence-corrected chi connectivity index (χ0v) is 13.9. The van der Waals surface area contributed by atoms with E-state index in [1.54, 1.807) is 6.08 Å². The first-order valence-corrected chi connectivity index (χ1v) is 7.45. The highest BCUT2D eigenvalue weighted by molar-refractivity contribution is 5.57. The number of rotatable bonds is 6. The van der Waals surface area contributed by atoms with Crippen molar-refractivity contribution in [2.24, 2.45) is 0 Å². The van der Waals surface area contributed by atoms with Crippen molar-refractivity contribution < 1.29 is 0 Å². The Balaban J connectivity index is 3.18. The van der Waals surface area contributed by atoms with Gasteiger partial charge in [0.05, 0.1) is 0 Å². The molecule has 21 heavy (non-hydrogen) atoms. The van der Waals surface area contributed by atoms with Crippen LogP contribution in [0.1, 0.15) is 43.7 Å². The zero-order valence-electron chi connectivity index (χ0n) is 13.9. The van der Waals surface area contributed by atoms with E-state index >= 15 is 0 Å². The molecule has 1 aromatic rings.